The van der Waals surface area contributed by atoms with Crippen molar-refractivity contribution in [2.45, 2.75) is 13.0 Å². The average Bonchev–Trinajstić information content (AvgIpc) is 2.38. The summed E-state index contributed by atoms with van der Waals surface area (Å²) in [6, 6.07) is 19.4. The molecule has 2 aromatic carbocycles. The molecule has 1 N–H and O–H groups in total. The van der Waals surface area contributed by atoms with E-state index < -0.39 is 0 Å². The van der Waals surface area contributed by atoms with Gasteiger partial charge in [0.2, 0.25) is 0 Å². The molecule has 0 aliphatic carbocycles. The predicted molar refractivity (Wildman–Crippen MR) is 81.1 cm³/mol. The third-order valence-corrected chi connectivity index (χ3v) is 3.74. The molecule has 0 fully saturated rings. The minimum Gasteiger partial charge on any atom is -0.306 e. The van der Waals surface area contributed by atoms with Crippen molar-refractivity contribution in [3.63, 3.8) is 0 Å². The summed E-state index contributed by atoms with van der Waals surface area (Å²) in [5, 5.41) is 3.55. The predicted octanol–water partition coefficient (Wildman–Crippen LogP) is 3.99. The van der Waals surface area contributed by atoms with E-state index in [-0.39, 0.29) is 6.04 Å². The molecule has 1 atom stereocenters. The number of halogens is 1. The second kappa shape index (κ2) is 6.17. The maximum absolute atomic E-state index is 3.55. The number of rotatable bonds is 4. The molecule has 0 aliphatic rings. The third kappa shape index (κ3) is 3.07. The van der Waals surface area contributed by atoms with Gasteiger partial charge in [-0.2, -0.15) is 0 Å². The lowest BCUT2D eigenvalue weighted by atomic mass is 9.99. The average molecular weight is 337 g/mol. The molecule has 0 aliphatic heterocycles. The maximum Gasteiger partial charge on any atom is 0.0587 e. The fourth-order valence-corrected chi connectivity index (χ4v) is 2.66. The second-order valence-electron chi connectivity index (χ2n) is 3.92. The Morgan fingerprint density at radius 2 is 1.65 bits per heavy atom. The first-order chi connectivity index (χ1) is 8.33. The maximum atomic E-state index is 3.55. The van der Waals surface area contributed by atoms with Crippen LogP contribution < -0.4 is 5.32 Å². The highest BCUT2D eigenvalue weighted by Gasteiger charge is 2.14. The first kappa shape index (κ1) is 12.6. The largest absolute Gasteiger partial charge is 0.306 e. The highest BCUT2D eigenvalue weighted by atomic mass is 127. The molecule has 0 spiro atoms. The summed E-state index contributed by atoms with van der Waals surface area (Å²) >= 11 is 2.40. The summed E-state index contributed by atoms with van der Waals surface area (Å²) in [6.45, 7) is 3.11. The van der Waals surface area contributed by atoms with Gasteiger partial charge in [-0.25, -0.2) is 0 Å². The molecule has 0 radical (unpaired) electrons. The van der Waals surface area contributed by atoms with Crippen LogP contribution in [-0.4, -0.2) is 6.54 Å². The zero-order valence-electron chi connectivity index (χ0n) is 9.86. The van der Waals surface area contributed by atoms with Crippen molar-refractivity contribution in [2.75, 3.05) is 6.54 Å². The first-order valence-electron chi connectivity index (χ1n) is 5.85. The van der Waals surface area contributed by atoms with E-state index in [4.69, 9.17) is 0 Å². The lowest BCUT2D eigenvalue weighted by molar-refractivity contribution is 0.628. The fourth-order valence-electron chi connectivity index (χ4n) is 1.97. The van der Waals surface area contributed by atoms with Gasteiger partial charge >= 0.3 is 0 Å². The summed E-state index contributed by atoms with van der Waals surface area (Å²) in [5.74, 6) is 0. The molecule has 0 saturated heterocycles. The highest BCUT2D eigenvalue weighted by molar-refractivity contribution is 14.1. The van der Waals surface area contributed by atoms with E-state index in [1.807, 2.05) is 0 Å². The lowest BCUT2D eigenvalue weighted by Crippen LogP contribution is -2.22. The number of nitrogens with one attached hydrogen (secondary N) is 1. The smallest absolute Gasteiger partial charge is 0.0587 e. The molecule has 0 aromatic heterocycles. The number of hydrogen-bond acceptors (Lipinski definition) is 1. The van der Waals surface area contributed by atoms with Crippen LogP contribution in [0.2, 0.25) is 0 Å². The summed E-state index contributed by atoms with van der Waals surface area (Å²) < 4.78 is 1.31. The lowest BCUT2D eigenvalue weighted by Gasteiger charge is -2.20. The Balaban J connectivity index is 2.39. The van der Waals surface area contributed by atoms with Crippen LogP contribution in [0.3, 0.4) is 0 Å². The van der Waals surface area contributed by atoms with Crippen LogP contribution in [0.4, 0.5) is 0 Å². The second-order valence-corrected chi connectivity index (χ2v) is 5.09. The third-order valence-electron chi connectivity index (χ3n) is 2.76. The van der Waals surface area contributed by atoms with Crippen molar-refractivity contribution in [1.29, 1.82) is 0 Å². The van der Waals surface area contributed by atoms with Gasteiger partial charge in [-0.15, -0.1) is 0 Å². The monoisotopic (exact) mass is 337 g/mol. The van der Waals surface area contributed by atoms with Gasteiger partial charge < -0.3 is 5.32 Å². The molecule has 0 amide bonds. The van der Waals surface area contributed by atoms with Crippen LogP contribution in [-0.2, 0) is 0 Å². The van der Waals surface area contributed by atoms with Crippen molar-refractivity contribution in [2.24, 2.45) is 0 Å². The Morgan fingerprint density at radius 1 is 1.00 bits per heavy atom. The van der Waals surface area contributed by atoms with Gasteiger partial charge in [0.05, 0.1) is 6.04 Å². The minimum atomic E-state index is 0.286. The molecule has 88 valence electrons. The van der Waals surface area contributed by atoms with E-state index in [2.05, 4.69) is 89.4 Å². The van der Waals surface area contributed by atoms with Crippen molar-refractivity contribution >= 4 is 22.6 Å². The van der Waals surface area contributed by atoms with Crippen molar-refractivity contribution in [1.82, 2.24) is 5.32 Å². The molecule has 2 heteroatoms. The van der Waals surface area contributed by atoms with Gasteiger partial charge in [0.15, 0.2) is 0 Å². The van der Waals surface area contributed by atoms with Crippen LogP contribution >= 0.6 is 22.6 Å². The van der Waals surface area contributed by atoms with Gasteiger partial charge in [-0.05, 0) is 46.3 Å². The highest BCUT2D eigenvalue weighted by Crippen LogP contribution is 2.25. The van der Waals surface area contributed by atoms with Gasteiger partial charge in [0, 0.05) is 3.57 Å². The molecule has 2 rings (SSSR count). The van der Waals surface area contributed by atoms with Crippen molar-refractivity contribution < 1.29 is 0 Å². The minimum absolute atomic E-state index is 0.286. The first-order valence-corrected chi connectivity index (χ1v) is 6.93. The van der Waals surface area contributed by atoms with Gasteiger partial charge in [-0.1, -0.05) is 55.5 Å². The fraction of sp³-hybridized carbons (Fsp3) is 0.200. The summed E-state index contributed by atoms with van der Waals surface area (Å²) in [7, 11) is 0. The van der Waals surface area contributed by atoms with Crippen molar-refractivity contribution in [3.8, 4) is 0 Å². The molecular weight excluding hydrogens is 321 g/mol. The van der Waals surface area contributed by atoms with Crippen LogP contribution in [0.25, 0.3) is 0 Å². The van der Waals surface area contributed by atoms with E-state index in [1.54, 1.807) is 0 Å². The van der Waals surface area contributed by atoms with E-state index >= 15 is 0 Å². The quantitative estimate of drug-likeness (QED) is 0.832. The molecule has 0 saturated carbocycles. The zero-order valence-corrected chi connectivity index (χ0v) is 12.0. The van der Waals surface area contributed by atoms with Crippen LogP contribution in [0, 0.1) is 3.57 Å². The van der Waals surface area contributed by atoms with E-state index in [0.29, 0.717) is 0 Å². The molecule has 2 aromatic rings. The Hall–Kier alpha value is -0.870. The Labute approximate surface area is 116 Å². The SMILES string of the molecule is CCNC(c1ccccc1)c1ccccc1I. The Kier molecular flexibility index (Phi) is 4.57. The van der Waals surface area contributed by atoms with Gasteiger partial charge in [0.25, 0.3) is 0 Å². The standard InChI is InChI=1S/C15H16IN/c1-2-17-15(12-8-4-3-5-9-12)13-10-6-7-11-14(13)16/h3-11,15,17H,2H2,1H3. The van der Waals surface area contributed by atoms with E-state index in [9.17, 15) is 0 Å². The Bertz CT molecular complexity index is 467. The van der Waals surface area contributed by atoms with Crippen LogP contribution in [0.1, 0.15) is 24.1 Å². The molecule has 17 heavy (non-hydrogen) atoms. The summed E-state index contributed by atoms with van der Waals surface area (Å²) in [5.41, 5.74) is 2.67. The normalized spacial score (nSPS) is 12.4. The zero-order chi connectivity index (χ0) is 12.1. The topological polar surface area (TPSA) is 12.0 Å². The summed E-state index contributed by atoms with van der Waals surface area (Å²) in [4.78, 5) is 0. The molecule has 1 nitrogen and oxygen atoms in total. The molecular formula is C15H16IN. The Morgan fingerprint density at radius 3 is 2.29 bits per heavy atom. The van der Waals surface area contributed by atoms with Crippen LogP contribution in [0.15, 0.2) is 54.6 Å². The molecule has 0 bridgehead atoms. The van der Waals surface area contributed by atoms with Gasteiger partial charge in [-0.3, -0.25) is 0 Å². The number of hydrogen-bond donors (Lipinski definition) is 1. The molecule has 1 unspecified atom stereocenters. The van der Waals surface area contributed by atoms with Crippen molar-refractivity contribution in [3.05, 3.63) is 69.3 Å². The molecule has 0 heterocycles. The van der Waals surface area contributed by atoms with Gasteiger partial charge in [0.1, 0.15) is 0 Å². The van der Waals surface area contributed by atoms with E-state index in [0.717, 1.165) is 6.54 Å². The summed E-state index contributed by atoms with van der Waals surface area (Å²) in [6.07, 6.45) is 0. The van der Waals surface area contributed by atoms with E-state index in [1.165, 1.54) is 14.7 Å². The number of benzene rings is 2. The van der Waals surface area contributed by atoms with Crippen LogP contribution in [0.5, 0.6) is 0 Å².